The Kier molecular flexibility index (Phi) is 5.40. The normalized spacial score (nSPS) is 10.7. The van der Waals surface area contributed by atoms with E-state index in [0.29, 0.717) is 17.0 Å². The Hall–Kier alpha value is -2.51. The summed E-state index contributed by atoms with van der Waals surface area (Å²) in [6.45, 7) is 0.111. The van der Waals surface area contributed by atoms with Gasteiger partial charge in [0.25, 0.3) is 0 Å². The minimum absolute atomic E-state index is 0.0285. The summed E-state index contributed by atoms with van der Waals surface area (Å²) in [4.78, 5) is 18.9. The molecule has 0 fully saturated rings. The van der Waals surface area contributed by atoms with Crippen molar-refractivity contribution in [3.63, 3.8) is 0 Å². The molecule has 0 atom stereocenters. The first-order chi connectivity index (χ1) is 10.7. The van der Waals surface area contributed by atoms with Crippen LogP contribution in [0.3, 0.4) is 0 Å². The van der Waals surface area contributed by atoms with Gasteiger partial charge in [-0.1, -0.05) is 6.07 Å². The predicted molar refractivity (Wildman–Crippen MR) is 76.5 cm³/mol. The van der Waals surface area contributed by atoms with Crippen LogP contribution in [0.5, 0.6) is 5.75 Å². The maximum atomic E-state index is 10.9. The number of methoxy groups -OCH3 is 2. The molecule has 2 rings (SSSR count). The van der Waals surface area contributed by atoms with Gasteiger partial charge in [0.1, 0.15) is 18.1 Å². The van der Waals surface area contributed by atoms with E-state index in [1.165, 1.54) is 20.3 Å². The fourth-order valence-corrected chi connectivity index (χ4v) is 1.89. The molecule has 7 nitrogen and oxygen atoms in total. The summed E-state index contributed by atoms with van der Waals surface area (Å²) in [5.41, 5.74) is 1.16. The standard InChI is InChI=1S/C15H16N2O5/c1-20-15(21-2)11-6-7-16-8-13(11)22-9-10-4-3-5-12(17-10)14(18)19/h3-8,15H,9H2,1-2H3,(H,18,19). The van der Waals surface area contributed by atoms with Crippen molar-refractivity contribution in [2.24, 2.45) is 0 Å². The Labute approximate surface area is 127 Å². The van der Waals surface area contributed by atoms with Crippen molar-refractivity contribution in [3.8, 4) is 5.75 Å². The van der Waals surface area contributed by atoms with E-state index < -0.39 is 12.3 Å². The zero-order valence-corrected chi connectivity index (χ0v) is 12.2. The number of hydrogen-bond acceptors (Lipinski definition) is 6. The van der Waals surface area contributed by atoms with Crippen molar-refractivity contribution >= 4 is 5.97 Å². The van der Waals surface area contributed by atoms with Crippen LogP contribution < -0.4 is 4.74 Å². The van der Waals surface area contributed by atoms with Crippen LogP contribution >= 0.6 is 0 Å². The highest BCUT2D eigenvalue weighted by atomic mass is 16.7. The number of aromatic carboxylic acids is 1. The molecule has 0 aliphatic heterocycles. The Morgan fingerprint density at radius 3 is 2.73 bits per heavy atom. The molecule has 2 aromatic heterocycles. The first kappa shape index (κ1) is 15.9. The van der Waals surface area contributed by atoms with Gasteiger partial charge in [0, 0.05) is 20.4 Å². The molecular weight excluding hydrogens is 288 g/mol. The summed E-state index contributed by atoms with van der Waals surface area (Å²) in [7, 11) is 3.05. The van der Waals surface area contributed by atoms with Crippen molar-refractivity contribution in [1.29, 1.82) is 0 Å². The molecule has 0 saturated carbocycles. The lowest BCUT2D eigenvalue weighted by molar-refractivity contribution is -0.107. The van der Waals surface area contributed by atoms with Gasteiger partial charge in [-0.25, -0.2) is 9.78 Å². The monoisotopic (exact) mass is 304 g/mol. The van der Waals surface area contributed by atoms with Gasteiger partial charge in [0.05, 0.1) is 17.5 Å². The molecule has 22 heavy (non-hydrogen) atoms. The first-order valence-corrected chi connectivity index (χ1v) is 6.47. The van der Waals surface area contributed by atoms with Crippen molar-refractivity contribution in [2.45, 2.75) is 12.9 Å². The molecule has 0 aromatic carbocycles. The van der Waals surface area contributed by atoms with Gasteiger partial charge in [-0.2, -0.15) is 0 Å². The van der Waals surface area contributed by atoms with E-state index in [1.807, 2.05) is 0 Å². The molecule has 0 spiro atoms. The summed E-state index contributed by atoms with van der Waals surface area (Å²) in [6, 6.07) is 6.46. The van der Waals surface area contributed by atoms with Crippen molar-refractivity contribution in [1.82, 2.24) is 9.97 Å². The van der Waals surface area contributed by atoms with Crippen molar-refractivity contribution < 1.29 is 24.1 Å². The van der Waals surface area contributed by atoms with Crippen LogP contribution in [-0.2, 0) is 16.1 Å². The van der Waals surface area contributed by atoms with Crippen LogP contribution in [0.2, 0.25) is 0 Å². The molecule has 0 amide bonds. The van der Waals surface area contributed by atoms with Crippen LogP contribution in [-0.4, -0.2) is 35.3 Å². The van der Waals surface area contributed by atoms with E-state index in [-0.39, 0.29) is 12.3 Å². The van der Waals surface area contributed by atoms with Crippen LogP contribution in [0.15, 0.2) is 36.7 Å². The molecule has 2 heterocycles. The Balaban J connectivity index is 2.15. The lowest BCUT2D eigenvalue weighted by atomic mass is 10.2. The second kappa shape index (κ2) is 7.48. The number of rotatable bonds is 7. The van der Waals surface area contributed by atoms with Gasteiger partial charge >= 0.3 is 5.97 Å². The molecule has 0 saturated heterocycles. The van der Waals surface area contributed by atoms with Crippen LogP contribution in [0, 0.1) is 0 Å². The quantitative estimate of drug-likeness (QED) is 0.783. The molecule has 0 aliphatic carbocycles. The summed E-state index contributed by atoms with van der Waals surface area (Å²) in [6.07, 6.45) is 2.58. The molecule has 2 aromatic rings. The molecule has 0 radical (unpaired) electrons. The number of ether oxygens (including phenoxy) is 3. The Morgan fingerprint density at radius 2 is 2.05 bits per heavy atom. The zero-order chi connectivity index (χ0) is 15.9. The third-order valence-corrected chi connectivity index (χ3v) is 2.90. The van der Waals surface area contributed by atoms with E-state index in [9.17, 15) is 4.79 Å². The average molecular weight is 304 g/mol. The maximum absolute atomic E-state index is 10.9. The summed E-state index contributed by atoms with van der Waals surface area (Å²) >= 11 is 0. The predicted octanol–water partition coefficient (Wildman–Crippen LogP) is 2.05. The largest absolute Gasteiger partial charge is 0.485 e. The highest BCUT2D eigenvalue weighted by Crippen LogP contribution is 2.27. The minimum Gasteiger partial charge on any atom is -0.485 e. The zero-order valence-electron chi connectivity index (χ0n) is 12.2. The number of nitrogens with zero attached hydrogens (tertiary/aromatic N) is 2. The fraction of sp³-hybridized carbons (Fsp3) is 0.267. The van der Waals surface area contributed by atoms with E-state index in [0.717, 1.165) is 0 Å². The molecular formula is C15H16N2O5. The van der Waals surface area contributed by atoms with Gasteiger partial charge in [0.15, 0.2) is 6.29 Å². The third-order valence-electron chi connectivity index (χ3n) is 2.90. The van der Waals surface area contributed by atoms with Gasteiger partial charge in [0.2, 0.25) is 0 Å². The molecule has 116 valence electrons. The lowest BCUT2D eigenvalue weighted by Gasteiger charge is -2.17. The fourth-order valence-electron chi connectivity index (χ4n) is 1.89. The van der Waals surface area contributed by atoms with E-state index in [1.54, 1.807) is 30.6 Å². The molecule has 0 unspecified atom stereocenters. The molecule has 0 bridgehead atoms. The number of carboxylic acid groups (broad SMARTS) is 1. The smallest absolute Gasteiger partial charge is 0.354 e. The Morgan fingerprint density at radius 1 is 1.27 bits per heavy atom. The number of aromatic nitrogens is 2. The van der Waals surface area contributed by atoms with Crippen LogP contribution in [0.25, 0.3) is 0 Å². The minimum atomic E-state index is -1.08. The lowest BCUT2D eigenvalue weighted by Crippen LogP contribution is -2.09. The summed E-state index contributed by atoms with van der Waals surface area (Å²) in [5, 5.41) is 8.93. The number of carbonyl (C=O) groups is 1. The average Bonchev–Trinajstić information content (AvgIpc) is 2.55. The highest BCUT2D eigenvalue weighted by Gasteiger charge is 2.15. The SMILES string of the molecule is COC(OC)c1ccncc1OCc1cccc(C(=O)O)n1. The van der Waals surface area contributed by atoms with Crippen molar-refractivity contribution in [3.05, 3.63) is 53.6 Å². The first-order valence-electron chi connectivity index (χ1n) is 6.47. The van der Waals surface area contributed by atoms with Crippen molar-refractivity contribution in [2.75, 3.05) is 14.2 Å². The second-order valence-electron chi connectivity index (χ2n) is 4.32. The number of hydrogen-bond donors (Lipinski definition) is 1. The van der Waals surface area contributed by atoms with Gasteiger partial charge < -0.3 is 19.3 Å². The van der Waals surface area contributed by atoms with Gasteiger partial charge in [-0.15, -0.1) is 0 Å². The van der Waals surface area contributed by atoms with Gasteiger partial charge in [-0.05, 0) is 18.2 Å². The second-order valence-corrected chi connectivity index (χ2v) is 4.32. The summed E-state index contributed by atoms with van der Waals surface area (Å²) < 4.78 is 16.1. The Bertz CT molecular complexity index is 643. The molecule has 7 heteroatoms. The molecule has 0 aliphatic rings. The number of carboxylic acids is 1. The topological polar surface area (TPSA) is 90.8 Å². The van der Waals surface area contributed by atoms with E-state index in [2.05, 4.69) is 9.97 Å². The van der Waals surface area contributed by atoms with Crippen LogP contribution in [0.4, 0.5) is 0 Å². The molecule has 1 N–H and O–H groups in total. The summed E-state index contributed by atoms with van der Waals surface area (Å²) in [5.74, 6) is -0.596. The maximum Gasteiger partial charge on any atom is 0.354 e. The van der Waals surface area contributed by atoms with E-state index in [4.69, 9.17) is 19.3 Å². The van der Waals surface area contributed by atoms with Crippen LogP contribution in [0.1, 0.15) is 28.0 Å². The van der Waals surface area contributed by atoms with E-state index >= 15 is 0 Å². The number of pyridine rings is 2. The van der Waals surface area contributed by atoms with Gasteiger partial charge in [-0.3, -0.25) is 4.98 Å². The highest BCUT2D eigenvalue weighted by molar-refractivity contribution is 5.85. The third kappa shape index (κ3) is 3.78.